The Balaban J connectivity index is 1.89. The number of imidazole rings is 1. The summed E-state index contributed by atoms with van der Waals surface area (Å²) in [4.78, 5) is 11.9. The molecule has 0 radical (unpaired) electrons. The summed E-state index contributed by atoms with van der Waals surface area (Å²) in [7, 11) is 0. The maximum atomic E-state index is 5.81. The van der Waals surface area contributed by atoms with Gasteiger partial charge in [0.15, 0.2) is 0 Å². The van der Waals surface area contributed by atoms with Crippen LogP contribution in [0.5, 0.6) is 0 Å². The van der Waals surface area contributed by atoms with Crippen LogP contribution in [0.15, 0.2) is 53.5 Å². The number of H-pyrrole nitrogens is 1. The van der Waals surface area contributed by atoms with E-state index < -0.39 is 0 Å². The van der Waals surface area contributed by atoms with Crippen molar-refractivity contribution >= 4 is 34.5 Å². The van der Waals surface area contributed by atoms with Crippen molar-refractivity contribution in [3.8, 4) is 0 Å². The summed E-state index contributed by atoms with van der Waals surface area (Å²) < 4.78 is 0. The lowest BCUT2D eigenvalue weighted by Crippen LogP contribution is -1.82. The summed E-state index contributed by atoms with van der Waals surface area (Å²) >= 11 is 5.81. The molecular weight excluding hydrogens is 246 g/mol. The molecule has 18 heavy (non-hydrogen) atoms. The fourth-order valence-corrected chi connectivity index (χ4v) is 1.82. The molecule has 0 spiro atoms. The van der Waals surface area contributed by atoms with Crippen molar-refractivity contribution in [2.24, 2.45) is 4.99 Å². The molecule has 0 saturated heterocycles. The Morgan fingerprint density at radius 1 is 1.06 bits per heavy atom. The molecule has 0 amide bonds. The Kier molecular flexibility index (Phi) is 2.82. The van der Waals surface area contributed by atoms with Crippen LogP contribution >= 0.6 is 11.6 Å². The molecule has 0 aliphatic carbocycles. The van der Waals surface area contributed by atoms with Gasteiger partial charge in [-0.1, -0.05) is 23.7 Å². The van der Waals surface area contributed by atoms with Crippen LogP contribution in [0, 0.1) is 0 Å². The van der Waals surface area contributed by atoms with Gasteiger partial charge in [0.2, 0.25) is 0 Å². The quantitative estimate of drug-likeness (QED) is 0.692. The summed E-state index contributed by atoms with van der Waals surface area (Å²) in [5.41, 5.74) is 2.80. The second kappa shape index (κ2) is 4.63. The summed E-state index contributed by atoms with van der Waals surface area (Å²) in [5.74, 6) is 0.742. The number of halogens is 1. The zero-order valence-corrected chi connectivity index (χ0v) is 10.2. The highest BCUT2D eigenvalue weighted by Gasteiger charge is 1.98. The highest BCUT2D eigenvalue weighted by molar-refractivity contribution is 6.30. The number of fused-ring (bicyclic) bond motifs is 1. The smallest absolute Gasteiger partial charge is 0.149 e. The zero-order valence-electron chi connectivity index (χ0n) is 9.47. The first kappa shape index (κ1) is 11.0. The molecule has 3 aromatic rings. The van der Waals surface area contributed by atoms with Gasteiger partial charge >= 0.3 is 0 Å². The Hall–Kier alpha value is -2.13. The van der Waals surface area contributed by atoms with E-state index in [9.17, 15) is 0 Å². The van der Waals surface area contributed by atoms with Gasteiger partial charge in [0, 0.05) is 5.02 Å². The van der Waals surface area contributed by atoms with Gasteiger partial charge < -0.3 is 4.98 Å². The maximum absolute atomic E-state index is 5.81. The Morgan fingerprint density at radius 2 is 1.83 bits per heavy atom. The average Bonchev–Trinajstić information content (AvgIpc) is 2.81. The van der Waals surface area contributed by atoms with Crippen molar-refractivity contribution < 1.29 is 0 Å². The van der Waals surface area contributed by atoms with Gasteiger partial charge in [-0.25, -0.2) is 4.98 Å². The first-order chi connectivity index (χ1) is 8.81. The van der Waals surface area contributed by atoms with Crippen LogP contribution in [-0.2, 0) is 0 Å². The van der Waals surface area contributed by atoms with E-state index >= 15 is 0 Å². The average molecular weight is 256 g/mol. The fourth-order valence-electron chi connectivity index (χ4n) is 1.70. The van der Waals surface area contributed by atoms with Crippen molar-refractivity contribution in [3.05, 3.63) is 59.4 Å². The van der Waals surface area contributed by atoms with Gasteiger partial charge in [-0.15, -0.1) is 0 Å². The van der Waals surface area contributed by atoms with Gasteiger partial charge in [0.05, 0.1) is 22.9 Å². The summed E-state index contributed by atoms with van der Waals surface area (Å²) in [6.07, 6.45) is 1.71. The van der Waals surface area contributed by atoms with E-state index in [0.717, 1.165) is 22.5 Å². The second-order valence-corrected chi connectivity index (χ2v) is 4.31. The highest BCUT2D eigenvalue weighted by Crippen LogP contribution is 2.16. The zero-order chi connectivity index (χ0) is 12.4. The van der Waals surface area contributed by atoms with E-state index in [1.807, 2.05) is 48.5 Å². The minimum atomic E-state index is 0.706. The third kappa shape index (κ3) is 2.26. The van der Waals surface area contributed by atoms with E-state index in [1.165, 1.54) is 0 Å². The molecule has 2 aromatic carbocycles. The molecule has 88 valence electrons. The Morgan fingerprint density at radius 3 is 2.61 bits per heavy atom. The summed E-state index contributed by atoms with van der Waals surface area (Å²) in [5, 5.41) is 0.706. The number of aliphatic imine (C=N–C) groups is 1. The molecular formula is C14H10ClN3. The van der Waals surface area contributed by atoms with Crippen LogP contribution in [0.4, 0.5) is 5.69 Å². The predicted molar refractivity (Wildman–Crippen MR) is 74.8 cm³/mol. The van der Waals surface area contributed by atoms with Crippen LogP contribution in [0.3, 0.4) is 0 Å². The van der Waals surface area contributed by atoms with E-state index in [2.05, 4.69) is 15.0 Å². The van der Waals surface area contributed by atoms with E-state index in [-0.39, 0.29) is 0 Å². The van der Waals surface area contributed by atoms with Crippen LogP contribution in [0.25, 0.3) is 11.0 Å². The van der Waals surface area contributed by atoms with Crippen molar-refractivity contribution in [3.63, 3.8) is 0 Å². The predicted octanol–water partition coefficient (Wildman–Crippen LogP) is 3.97. The molecule has 0 bridgehead atoms. The molecule has 0 aliphatic rings. The van der Waals surface area contributed by atoms with Crippen molar-refractivity contribution in [1.29, 1.82) is 0 Å². The van der Waals surface area contributed by atoms with Crippen molar-refractivity contribution in [2.45, 2.75) is 0 Å². The number of rotatable bonds is 2. The summed E-state index contributed by atoms with van der Waals surface area (Å²) in [6, 6.07) is 15.2. The van der Waals surface area contributed by atoms with Crippen molar-refractivity contribution in [2.75, 3.05) is 0 Å². The van der Waals surface area contributed by atoms with Crippen LogP contribution in [0.2, 0.25) is 5.02 Å². The number of hydrogen-bond donors (Lipinski definition) is 1. The van der Waals surface area contributed by atoms with Gasteiger partial charge in [0.1, 0.15) is 5.82 Å². The SMILES string of the molecule is Clc1ccc(N=Cc2nc3ccccc3[nH]2)cc1. The van der Waals surface area contributed by atoms with E-state index in [4.69, 9.17) is 11.6 Å². The molecule has 1 N–H and O–H groups in total. The number of nitrogens with one attached hydrogen (secondary N) is 1. The molecule has 0 atom stereocenters. The molecule has 0 saturated carbocycles. The van der Waals surface area contributed by atoms with E-state index in [0.29, 0.717) is 5.02 Å². The number of aromatic nitrogens is 2. The van der Waals surface area contributed by atoms with Crippen LogP contribution in [0.1, 0.15) is 5.82 Å². The lowest BCUT2D eigenvalue weighted by atomic mass is 10.3. The topological polar surface area (TPSA) is 41.0 Å². The number of aromatic amines is 1. The maximum Gasteiger partial charge on any atom is 0.149 e. The first-order valence-electron chi connectivity index (χ1n) is 5.56. The Labute approximate surface area is 109 Å². The molecule has 0 fully saturated rings. The number of para-hydroxylation sites is 2. The molecule has 0 aliphatic heterocycles. The first-order valence-corrected chi connectivity index (χ1v) is 5.93. The highest BCUT2D eigenvalue weighted by atomic mass is 35.5. The molecule has 1 heterocycles. The molecule has 0 unspecified atom stereocenters. The Bertz CT molecular complexity index is 665. The van der Waals surface area contributed by atoms with Crippen LogP contribution in [-0.4, -0.2) is 16.2 Å². The molecule has 3 nitrogen and oxygen atoms in total. The molecule has 4 heteroatoms. The lowest BCUT2D eigenvalue weighted by Gasteiger charge is -1.92. The number of benzene rings is 2. The molecule has 1 aromatic heterocycles. The standard InChI is InChI=1S/C14H10ClN3/c15-10-5-7-11(8-6-10)16-9-14-17-12-3-1-2-4-13(12)18-14/h1-9H,(H,17,18). The van der Waals surface area contributed by atoms with Gasteiger partial charge in [-0.3, -0.25) is 4.99 Å². The third-order valence-electron chi connectivity index (χ3n) is 2.57. The van der Waals surface area contributed by atoms with Gasteiger partial charge in [-0.05, 0) is 36.4 Å². The van der Waals surface area contributed by atoms with Crippen LogP contribution < -0.4 is 0 Å². The third-order valence-corrected chi connectivity index (χ3v) is 2.82. The normalized spacial score (nSPS) is 11.4. The minimum absolute atomic E-state index is 0.706. The minimum Gasteiger partial charge on any atom is -0.337 e. The largest absolute Gasteiger partial charge is 0.337 e. The fraction of sp³-hybridized carbons (Fsp3) is 0. The lowest BCUT2D eigenvalue weighted by molar-refractivity contribution is 1.30. The number of nitrogens with zero attached hydrogens (tertiary/aromatic N) is 2. The van der Waals surface area contributed by atoms with E-state index in [1.54, 1.807) is 6.21 Å². The monoisotopic (exact) mass is 255 g/mol. The van der Waals surface area contributed by atoms with Crippen molar-refractivity contribution in [1.82, 2.24) is 9.97 Å². The second-order valence-electron chi connectivity index (χ2n) is 3.87. The van der Waals surface area contributed by atoms with Gasteiger partial charge in [0.25, 0.3) is 0 Å². The number of hydrogen-bond acceptors (Lipinski definition) is 2. The van der Waals surface area contributed by atoms with Gasteiger partial charge in [-0.2, -0.15) is 0 Å². The summed E-state index contributed by atoms with van der Waals surface area (Å²) in [6.45, 7) is 0. The molecule has 3 rings (SSSR count).